The zero-order chi connectivity index (χ0) is 33.8. The van der Waals surface area contributed by atoms with Crippen molar-refractivity contribution in [3.8, 4) is 0 Å². The highest BCUT2D eigenvalue weighted by Gasteiger charge is 1.98. The highest BCUT2D eigenvalue weighted by atomic mass is 16.6. The summed E-state index contributed by atoms with van der Waals surface area (Å²) in [5.41, 5.74) is 0. The zero-order valence-electron chi connectivity index (χ0n) is 32.0. The smallest absolute Gasteiger partial charge is 0.0701 e. The van der Waals surface area contributed by atoms with E-state index in [4.69, 9.17) is 28.4 Å². The molecule has 0 aliphatic carbocycles. The Morgan fingerprint density at radius 1 is 0.170 bits per heavy atom. The minimum Gasteiger partial charge on any atom is -0.379 e. The Hall–Kier alpha value is -0.240. The number of ether oxygens (including phenoxy) is 6. The third kappa shape index (κ3) is 45.8. The predicted molar refractivity (Wildman–Crippen MR) is 201 cm³/mol. The second-order valence-corrected chi connectivity index (χ2v) is 13.5. The summed E-state index contributed by atoms with van der Waals surface area (Å²) in [5, 5.41) is 0. The molecule has 0 saturated carbocycles. The highest BCUT2D eigenvalue weighted by Crippen LogP contribution is 2.14. The second-order valence-electron chi connectivity index (χ2n) is 13.5. The Balaban J connectivity index is 3.03. The first-order chi connectivity index (χ1) is 23.4. The first-order valence-electron chi connectivity index (χ1n) is 20.9. The van der Waals surface area contributed by atoms with Crippen LogP contribution in [-0.4, -0.2) is 79.3 Å². The van der Waals surface area contributed by atoms with Crippen molar-refractivity contribution in [1.82, 2.24) is 0 Å². The van der Waals surface area contributed by atoms with E-state index in [1.165, 1.54) is 167 Å². The van der Waals surface area contributed by atoms with Crippen LogP contribution >= 0.6 is 0 Å². The van der Waals surface area contributed by atoms with Crippen molar-refractivity contribution < 1.29 is 28.4 Å². The van der Waals surface area contributed by atoms with Crippen molar-refractivity contribution >= 4 is 0 Å². The van der Waals surface area contributed by atoms with Crippen molar-refractivity contribution in [2.75, 3.05) is 79.3 Å². The van der Waals surface area contributed by atoms with Crippen LogP contribution in [0.5, 0.6) is 0 Å². The molecule has 284 valence electrons. The van der Waals surface area contributed by atoms with E-state index in [9.17, 15) is 0 Å². The Bertz CT molecular complexity index is 476. The van der Waals surface area contributed by atoms with Gasteiger partial charge in [0.05, 0.1) is 66.1 Å². The molecule has 6 nitrogen and oxygen atoms in total. The van der Waals surface area contributed by atoms with Crippen LogP contribution in [0.1, 0.15) is 187 Å². The van der Waals surface area contributed by atoms with Gasteiger partial charge >= 0.3 is 0 Å². The molecule has 0 unspecified atom stereocenters. The summed E-state index contributed by atoms with van der Waals surface area (Å²) in [4.78, 5) is 0. The van der Waals surface area contributed by atoms with Gasteiger partial charge in [-0.25, -0.2) is 0 Å². The second kappa shape index (κ2) is 45.8. The molecular formula is C41H84O6. The largest absolute Gasteiger partial charge is 0.379 e. The maximum absolute atomic E-state index is 5.70. The summed E-state index contributed by atoms with van der Waals surface area (Å²) in [6, 6.07) is 0. The molecule has 0 atom stereocenters. The third-order valence-electron chi connectivity index (χ3n) is 8.89. The molecule has 0 bridgehead atoms. The molecule has 0 saturated heterocycles. The van der Waals surface area contributed by atoms with Gasteiger partial charge in [0.2, 0.25) is 0 Å². The third-order valence-corrected chi connectivity index (χ3v) is 8.89. The summed E-state index contributed by atoms with van der Waals surface area (Å²) in [6.07, 6.45) is 37.4. The van der Waals surface area contributed by atoms with Crippen LogP contribution in [0.4, 0.5) is 0 Å². The fourth-order valence-corrected chi connectivity index (χ4v) is 5.82. The average molecular weight is 673 g/mol. The molecule has 0 aromatic heterocycles. The van der Waals surface area contributed by atoms with Gasteiger partial charge < -0.3 is 28.4 Å². The Kier molecular flexibility index (Phi) is 45.5. The molecule has 0 aromatic carbocycles. The van der Waals surface area contributed by atoms with Gasteiger partial charge in [0.15, 0.2) is 0 Å². The number of hydrogen-bond acceptors (Lipinski definition) is 6. The van der Waals surface area contributed by atoms with E-state index < -0.39 is 0 Å². The van der Waals surface area contributed by atoms with E-state index in [1.54, 1.807) is 0 Å². The quantitative estimate of drug-likeness (QED) is 0.0600. The van der Waals surface area contributed by atoms with Crippen LogP contribution in [0.15, 0.2) is 0 Å². The van der Waals surface area contributed by atoms with Gasteiger partial charge in [0, 0.05) is 13.2 Å². The normalized spacial score (nSPS) is 11.6. The van der Waals surface area contributed by atoms with Crippen molar-refractivity contribution in [3.63, 3.8) is 0 Å². The Morgan fingerprint density at radius 3 is 0.511 bits per heavy atom. The topological polar surface area (TPSA) is 55.4 Å². The molecule has 0 spiro atoms. The summed E-state index contributed by atoms with van der Waals surface area (Å²) in [7, 11) is 0. The molecule has 0 amide bonds. The number of unbranched alkanes of at least 4 members (excludes halogenated alkanes) is 25. The Labute approximate surface area is 294 Å². The number of hydrogen-bond donors (Lipinski definition) is 0. The van der Waals surface area contributed by atoms with Crippen LogP contribution in [0.25, 0.3) is 0 Å². The Morgan fingerprint density at radius 2 is 0.319 bits per heavy atom. The van der Waals surface area contributed by atoms with Gasteiger partial charge in [-0.05, 0) is 12.8 Å². The van der Waals surface area contributed by atoms with Gasteiger partial charge in [-0.15, -0.1) is 0 Å². The standard InChI is InChI=1S/C41H84O6/c1-3-5-7-9-11-13-15-16-17-18-19-21-23-25-27-29-31-43-33-35-45-37-39-47-41-40-46-38-36-44-34-32-42-30-28-26-24-22-20-14-12-10-8-6-4-2/h3-41H2,1-2H3. The van der Waals surface area contributed by atoms with Gasteiger partial charge in [-0.3, -0.25) is 0 Å². The molecule has 6 heteroatoms. The van der Waals surface area contributed by atoms with Gasteiger partial charge in [0.1, 0.15) is 0 Å². The summed E-state index contributed by atoms with van der Waals surface area (Å²) in [5.74, 6) is 0. The lowest BCUT2D eigenvalue weighted by molar-refractivity contribution is -0.0169. The fraction of sp³-hybridized carbons (Fsp3) is 1.00. The first kappa shape index (κ1) is 46.8. The lowest BCUT2D eigenvalue weighted by atomic mass is 10.0. The zero-order valence-corrected chi connectivity index (χ0v) is 32.0. The van der Waals surface area contributed by atoms with Crippen LogP contribution in [0.3, 0.4) is 0 Å². The van der Waals surface area contributed by atoms with Gasteiger partial charge in [-0.2, -0.15) is 0 Å². The van der Waals surface area contributed by atoms with Crippen LogP contribution < -0.4 is 0 Å². The summed E-state index contributed by atoms with van der Waals surface area (Å²) >= 11 is 0. The molecule has 0 aliphatic rings. The molecule has 0 aromatic rings. The van der Waals surface area contributed by atoms with Crippen molar-refractivity contribution in [2.45, 2.75) is 187 Å². The first-order valence-corrected chi connectivity index (χ1v) is 20.9. The monoisotopic (exact) mass is 673 g/mol. The highest BCUT2D eigenvalue weighted by molar-refractivity contribution is 4.51. The molecular weight excluding hydrogens is 588 g/mol. The van der Waals surface area contributed by atoms with Crippen molar-refractivity contribution in [1.29, 1.82) is 0 Å². The SMILES string of the molecule is CCCCCCCCCCCCCCCCCCOCCOCCOCCOCCOCCOCCCCCCCCCCCCC. The summed E-state index contributed by atoms with van der Waals surface area (Å²) in [6.45, 7) is 12.5. The van der Waals surface area contributed by atoms with E-state index >= 15 is 0 Å². The molecule has 0 aliphatic heterocycles. The van der Waals surface area contributed by atoms with Crippen molar-refractivity contribution in [2.24, 2.45) is 0 Å². The molecule has 0 heterocycles. The minimum atomic E-state index is 0.584. The minimum absolute atomic E-state index is 0.584. The molecule has 0 radical (unpaired) electrons. The maximum atomic E-state index is 5.70. The lowest BCUT2D eigenvalue weighted by Gasteiger charge is -2.08. The van der Waals surface area contributed by atoms with Crippen LogP contribution in [0, 0.1) is 0 Å². The summed E-state index contributed by atoms with van der Waals surface area (Å²) < 4.78 is 33.7. The lowest BCUT2D eigenvalue weighted by Crippen LogP contribution is -2.14. The van der Waals surface area contributed by atoms with Crippen LogP contribution in [0.2, 0.25) is 0 Å². The van der Waals surface area contributed by atoms with E-state index in [0.29, 0.717) is 66.1 Å². The fourth-order valence-electron chi connectivity index (χ4n) is 5.82. The predicted octanol–water partition coefficient (Wildman–Crippen LogP) is 11.7. The molecule has 0 N–H and O–H groups in total. The molecule has 0 rings (SSSR count). The molecule has 0 fully saturated rings. The average Bonchev–Trinajstić information content (AvgIpc) is 3.08. The van der Waals surface area contributed by atoms with E-state index in [0.717, 1.165) is 19.6 Å². The van der Waals surface area contributed by atoms with E-state index in [2.05, 4.69) is 13.8 Å². The van der Waals surface area contributed by atoms with E-state index in [1.807, 2.05) is 0 Å². The van der Waals surface area contributed by atoms with Crippen molar-refractivity contribution in [3.05, 3.63) is 0 Å². The van der Waals surface area contributed by atoms with Gasteiger partial charge in [0.25, 0.3) is 0 Å². The van der Waals surface area contributed by atoms with Crippen LogP contribution in [-0.2, 0) is 28.4 Å². The molecule has 47 heavy (non-hydrogen) atoms. The number of rotatable bonds is 44. The van der Waals surface area contributed by atoms with E-state index in [-0.39, 0.29) is 0 Å². The van der Waals surface area contributed by atoms with Gasteiger partial charge in [-0.1, -0.05) is 174 Å². The maximum Gasteiger partial charge on any atom is 0.0701 e.